The zero-order valence-corrected chi connectivity index (χ0v) is 67.4. The number of phenols is 4. The van der Waals surface area contributed by atoms with Crippen molar-refractivity contribution in [1.29, 1.82) is 0 Å². The van der Waals surface area contributed by atoms with Crippen molar-refractivity contribution in [2.75, 3.05) is 81.2 Å². The minimum Gasteiger partial charge on any atom is -0.870 e. The van der Waals surface area contributed by atoms with Crippen molar-refractivity contribution in [3.63, 3.8) is 0 Å². The molecule has 0 unspecified atom stereocenters. The van der Waals surface area contributed by atoms with Gasteiger partial charge >= 0.3 is 155 Å². The molecule has 6 aliphatic heterocycles. The minimum atomic E-state index is -2.80. The number of ether oxygens (including phenoxy) is 8. The van der Waals surface area contributed by atoms with E-state index in [1.54, 1.807) is 58.8 Å². The molecule has 16 nitrogen and oxygen atoms in total. The summed E-state index contributed by atoms with van der Waals surface area (Å²) in [6.45, 7) is 4.21. The number of alkyl halides is 1. The fourth-order valence-corrected chi connectivity index (χ4v) is 222. The molecule has 85 heavy (non-hydrogen) atoms. The second-order valence-electron chi connectivity index (χ2n) is 19.7. The molecule has 462 valence electrons. The van der Waals surface area contributed by atoms with Crippen molar-refractivity contribution in [3.05, 3.63) is 140 Å². The first-order chi connectivity index (χ1) is 44.5. The van der Waals surface area contributed by atoms with E-state index in [2.05, 4.69) is 107 Å². The topological polar surface area (TPSA) is 194 Å². The molecule has 0 bridgehead atoms. The van der Waals surface area contributed by atoms with E-state index in [4.69, 9.17) is 54.3 Å². The minimum absolute atomic E-state index is 0. The smallest absolute Gasteiger partial charge is 0.870 e. The molecule has 5 N–H and O–H groups in total. The van der Waals surface area contributed by atoms with Gasteiger partial charge in [-0.2, -0.15) is 0 Å². The molecular formula is C60H71I8KN3O13-. The zero-order chi connectivity index (χ0) is 69.8. The van der Waals surface area contributed by atoms with Crippen LogP contribution in [0.1, 0.15) is 101 Å². The molecule has 0 saturated heterocycles. The molecule has 6 aromatic carbocycles. The Morgan fingerprint density at radius 1 is 0.482 bits per heavy atom. The molecule has 0 spiro atoms. The molecule has 0 aromatic heterocycles. The Kier molecular flexibility index (Phi) is 23.8. The third-order valence-corrected chi connectivity index (χ3v) is 264. The average molecular weight is 2110 g/mol. The summed E-state index contributed by atoms with van der Waals surface area (Å²) in [5.74, 6) is 3.16. The van der Waals surface area contributed by atoms with E-state index in [-0.39, 0.29) is 125 Å². The van der Waals surface area contributed by atoms with Crippen LogP contribution in [0.5, 0.6) is 69.0 Å². The van der Waals surface area contributed by atoms with E-state index in [0.717, 1.165) is 101 Å². The van der Waals surface area contributed by atoms with Gasteiger partial charge in [0.25, 0.3) is 0 Å². The maximum absolute atomic E-state index is 10.1. The van der Waals surface area contributed by atoms with Crippen LogP contribution < -0.4 is 103 Å². The standard InChI is InChI=1S/2C21H25NO4.C17H17NO4.CH3I.I7.K.H2O/c2*1-23-18-6-5-13-9-17-15-11-20(25-3)19(24-2)10-14(15)7-8-22(17)12-16(13)21(18)26-4;19-14-2-1-9-5-13-11-7-16(21)15(20)6-10(11)3-4-18(13)8-12(9)17(14)22;1-2;1-5-7(4)6(2)3;;/h2*5-6,10-11,17H,7-9,12H2,1-4H3;1-2,6-7,13,19-22H,3-5,8H2;1H3;;;1H2/q;;;;-1;+1;/p-1/t2*17-;13-;;;;/m000..../s1/i1D3,3D3,4D3;;;1D3;;;. The van der Waals surface area contributed by atoms with E-state index >= 15 is 0 Å². The van der Waals surface area contributed by atoms with E-state index in [1.807, 2.05) is 12.1 Å². The van der Waals surface area contributed by atoms with Crippen LogP contribution in [-0.2, 0) is 58.2 Å². The first-order valence-electron chi connectivity index (χ1n) is 31.6. The quantitative estimate of drug-likeness (QED) is 0.0439. The van der Waals surface area contributed by atoms with Crippen LogP contribution in [0.2, 0.25) is 0 Å². The molecule has 0 saturated carbocycles. The van der Waals surface area contributed by atoms with E-state index in [1.165, 1.54) is 64.1 Å². The molecule has 0 fully saturated rings. The largest absolute Gasteiger partial charge is 1.00 e. The van der Waals surface area contributed by atoms with Crippen molar-refractivity contribution in [2.45, 2.75) is 76.3 Å². The van der Waals surface area contributed by atoms with Gasteiger partial charge < -0.3 is 63.8 Å². The van der Waals surface area contributed by atoms with Crippen LogP contribution >= 0.6 is 113 Å². The van der Waals surface area contributed by atoms with Crippen LogP contribution in [0.15, 0.2) is 72.8 Å². The molecule has 25 heteroatoms. The number of fused-ring (bicyclic) bond motifs is 12. The number of nitrogens with zero attached hydrogens (tertiary/aromatic N) is 3. The van der Waals surface area contributed by atoms with Crippen LogP contribution in [0.3, 0.4) is 0 Å². The molecule has 3 atom stereocenters. The van der Waals surface area contributed by atoms with Crippen LogP contribution in [0, 0.1) is 0 Å². The molecule has 6 aromatic rings. The predicted octanol–water partition coefficient (Wildman–Crippen LogP) is 9.11. The number of methoxy groups -OCH3 is 8. The summed E-state index contributed by atoms with van der Waals surface area (Å²) in [5, 5.41) is 39.2. The maximum Gasteiger partial charge on any atom is 1.00 e. The Morgan fingerprint density at radius 3 is 1.29 bits per heavy atom. The van der Waals surface area contributed by atoms with Crippen LogP contribution in [0.4, 0.5) is 0 Å². The van der Waals surface area contributed by atoms with Gasteiger partial charge in [-0.1, -0.05) is 40.8 Å². The number of phenolic OH excluding ortho intramolecular Hbond substituents is 4. The summed E-state index contributed by atoms with van der Waals surface area (Å²) in [4.78, 5) is 5.10. The number of hydrogen-bond donors (Lipinski definition) is 4. The molecule has 0 amide bonds. The fourth-order valence-electron chi connectivity index (χ4n) is 12.0. The SMILES string of the molecule is COc1cc2c(cc1OC)[C@@H]1Cc3ccc(OC)c(OC)c3CN1CC2.I[I-]I(I)I(I)I.Oc1cc2c(cc1O)[C@@H]1Cc3ccc(O)c(O)c3CN1CC2.[2H]C([2H])([2H])I.[2H]C([2H])([2H])Oc1cc2c(cc1OC)CCN1Cc3c(ccc(OC([2H])([2H])[2H])c3OC([2H])([2H])[2H])C[C@@H]21.[K+].[OH-]. The number of aromatic hydroxyl groups is 4. The number of rotatable bonds is 10. The van der Waals surface area contributed by atoms with Gasteiger partial charge in [-0.15, -0.1) is 0 Å². The van der Waals surface area contributed by atoms with Gasteiger partial charge in [-0.25, -0.2) is 0 Å². The van der Waals surface area contributed by atoms with Crippen molar-refractivity contribution in [3.8, 4) is 69.0 Å². The Balaban J connectivity index is 0.000000213. The molecule has 6 heterocycles. The molecular weight excluding hydrogens is 2020 g/mol. The normalized spacial score (nSPS) is 20.4. The summed E-state index contributed by atoms with van der Waals surface area (Å²) < 4.78 is 129. The number of hydrogen-bond acceptors (Lipinski definition) is 16. The fraction of sp³-hybridized carbons (Fsp3) is 0.400. The first kappa shape index (κ1) is 57.9. The van der Waals surface area contributed by atoms with Gasteiger partial charge in [-0.05, 0) is 148 Å². The summed E-state index contributed by atoms with van der Waals surface area (Å²) in [6, 6.07) is 22.0. The first-order valence-corrected chi connectivity index (χ1v) is 64.4. The average Bonchev–Trinajstić information content (AvgIpc) is 0.765. The summed E-state index contributed by atoms with van der Waals surface area (Å²) in [5.41, 5.74) is 12.4. The predicted molar refractivity (Wildman–Crippen MR) is 385 cm³/mol. The second kappa shape index (κ2) is 34.9. The third-order valence-electron chi connectivity index (χ3n) is 15.9. The summed E-state index contributed by atoms with van der Waals surface area (Å²) in [6.07, 6.45) is 4.57. The van der Waals surface area contributed by atoms with Gasteiger partial charge in [0.2, 0.25) is 0 Å². The molecule has 12 rings (SSSR count). The summed E-state index contributed by atoms with van der Waals surface area (Å²) >= 11 is 12.8. The maximum atomic E-state index is 10.1. The van der Waals surface area contributed by atoms with Crippen LogP contribution in [-0.4, -0.2) is 122 Å². The van der Waals surface area contributed by atoms with E-state index in [0.29, 0.717) is 69.5 Å². The van der Waals surface area contributed by atoms with Gasteiger partial charge in [0.1, 0.15) is 0 Å². The Bertz CT molecular complexity index is 3710. The monoisotopic (exact) mass is 2110 g/mol. The molecule has 6 aliphatic rings. The zero-order valence-electron chi connectivity index (χ0n) is 59.0. The third kappa shape index (κ3) is 16.8. The number of halogens is 8. The summed E-state index contributed by atoms with van der Waals surface area (Å²) in [7, 11) is -0.476. The van der Waals surface area contributed by atoms with Gasteiger partial charge in [0, 0.05) is 78.2 Å². The van der Waals surface area contributed by atoms with Crippen molar-refractivity contribution >= 4 is 113 Å². The van der Waals surface area contributed by atoms with Crippen molar-refractivity contribution in [2.24, 2.45) is 0 Å². The van der Waals surface area contributed by atoms with Crippen molar-refractivity contribution < 1.29 is 145 Å². The molecule has 0 aliphatic carbocycles. The van der Waals surface area contributed by atoms with Gasteiger partial charge in [-0.3, -0.25) is 14.7 Å². The second-order valence-corrected chi connectivity index (χ2v) is 133. The van der Waals surface area contributed by atoms with Crippen LogP contribution in [0.25, 0.3) is 0 Å². The Morgan fingerprint density at radius 2 is 0.859 bits per heavy atom. The van der Waals surface area contributed by atoms with Gasteiger partial charge in [0.15, 0.2) is 69.0 Å². The van der Waals surface area contributed by atoms with E-state index in [9.17, 15) is 20.4 Å². The Hall–Kier alpha value is 0.236. The van der Waals surface area contributed by atoms with Gasteiger partial charge in [0.05, 0.1) is 69.0 Å². The Labute approximate surface area is 628 Å². The van der Waals surface area contributed by atoms with E-state index < -0.39 is 26.0 Å². The van der Waals surface area contributed by atoms with Crippen molar-refractivity contribution in [1.82, 2.24) is 14.7 Å². The molecule has 0 radical (unpaired) electrons. The number of benzene rings is 6.